The largest absolute Gasteiger partial charge is 0.0743 e. The SMILES string of the molecule is [B]C1CC(CC)C1C. The van der Waals surface area contributed by atoms with Crippen LogP contribution in [-0.4, -0.2) is 7.85 Å². The molecule has 1 heteroatoms. The van der Waals surface area contributed by atoms with E-state index in [1.807, 2.05) is 0 Å². The topological polar surface area (TPSA) is 0 Å². The van der Waals surface area contributed by atoms with Crippen molar-refractivity contribution in [3.8, 4) is 0 Å². The Morgan fingerprint density at radius 1 is 1.62 bits per heavy atom. The second kappa shape index (κ2) is 2.12. The molecule has 0 aliphatic heterocycles. The monoisotopic (exact) mass is 108 g/mol. The van der Waals surface area contributed by atoms with Crippen molar-refractivity contribution in [1.82, 2.24) is 0 Å². The second-order valence-corrected chi connectivity index (χ2v) is 2.93. The molecular formula is C7H13B. The van der Waals surface area contributed by atoms with Crippen LogP contribution < -0.4 is 0 Å². The highest BCUT2D eigenvalue weighted by atomic mass is 14.3. The summed E-state index contributed by atoms with van der Waals surface area (Å²) in [5.41, 5.74) is 0. The Balaban J connectivity index is 2.25. The van der Waals surface area contributed by atoms with Crippen molar-refractivity contribution in [1.29, 1.82) is 0 Å². The maximum Gasteiger partial charge on any atom is 0.0703 e. The van der Waals surface area contributed by atoms with Gasteiger partial charge in [0.1, 0.15) is 0 Å². The first kappa shape index (κ1) is 6.19. The fraction of sp³-hybridized carbons (Fsp3) is 1.00. The molecule has 3 atom stereocenters. The molecule has 1 rings (SSSR count). The van der Waals surface area contributed by atoms with Crippen molar-refractivity contribution in [3.63, 3.8) is 0 Å². The number of hydrogen-bond acceptors (Lipinski definition) is 0. The first-order valence-corrected chi connectivity index (χ1v) is 3.51. The summed E-state index contributed by atoms with van der Waals surface area (Å²) in [5, 5.41) is 0. The Kier molecular flexibility index (Phi) is 1.64. The highest BCUT2D eigenvalue weighted by molar-refractivity contribution is 6.12. The van der Waals surface area contributed by atoms with Gasteiger partial charge in [-0.05, 0) is 11.8 Å². The lowest BCUT2D eigenvalue weighted by molar-refractivity contribution is 0.192. The smallest absolute Gasteiger partial charge is 0.0703 e. The molecule has 2 radical (unpaired) electrons. The zero-order valence-corrected chi connectivity index (χ0v) is 5.72. The molecule has 1 aliphatic carbocycles. The Morgan fingerprint density at radius 3 is 2.38 bits per heavy atom. The van der Waals surface area contributed by atoms with Crippen LogP contribution in [0.2, 0.25) is 5.82 Å². The first-order chi connectivity index (χ1) is 3.75. The summed E-state index contributed by atoms with van der Waals surface area (Å²) in [6, 6.07) is 0. The highest BCUT2D eigenvalue weighted by Crippen LogP contribution is 2.44. The van der Waals surface area contributed by atoms with Gasteiger partial charge in [-0.25, -0.2) is 0 Å². The zero-order valence-electron chi connectivity index (χ0n) is 5.72. The van der Waals surface area contributed by atoms with Crippen LogP contribution in [0.4, 0.5) is 0 Å². The maximum absolute atomic E-state index is 5.69. The van der Waals surface area contributed by atoms with E-state index in [1.54, 1.807) is 0 Å². The van der Waals surface area contributed by atoms with Gasteiger partial charge in [0.15, 0.2) is 0 Å². The lowest BCUT2D eigenvalue weighted by Gasteiger charge is -2.40. The molecule has 0 amide bonds. The average Bonchev–Trinajstić information content (AvgIpc) is 1.81. The van der Waals surface area contributed by atoms with Crippen molar-refractivity contribution >= 4 is 7.85 Å². The molecule has 1 fully saturated rings. The van der Waals surface area contributed by atoms with Gasteiger partial charge in [-0.3, -0.25) is 0 Å². The second-order valence-electron chi connectivity index (χ2n) is 2.93. The quantitative estimate of drug-likeness (QED) is 0.450. The molecule has 0 nitrogen and oxygen atoms in total. The van der Waals surface area contributed by atoms with E-state index < -0.39 is 0 Å². The third kappa shape index (κ3) is 0.786. The summed E-state index contributed by atoms with van der Waals surface area (Å²) in [6.45, 7) is 4.50. The zero-order chi connectivity index (χ0) is 6.15. The lowest BCUT2D eigenvalue weighted by atomic mass is 9.56. The Labute approximate surface area is 53.1 Å². The van der Waals surface area contributed by atoms with Gasteiger partial charge in [0, 0.05) is 0 Å². The Hall–Kier alpha value is 0.0649. The number of rotatable bonds is 1. The van der Waals surface area contributed by atoms with E-state index in [1.165, 1.54) is 12.8 Å². The first-order valence-electron chi connectivity index (χ1n) is 3.51. The van der Waals surface area contributed by atoms with Crippen LogP contribution in [0.3, 0.4) is 0 Å². The van der Waals surface area contributed by atoms with Gasteiger partial charge >= 0.3 is 0 Å². The molecule has 0 N–H and O–H groups in total. The molecule has 44 valence electrons. The minimum Gasteiger partial charge on any atom is -0.0743 e. The van der Waals surface area contributed by atoms with Gasteiger partial charge in [0.2, 0.25) is 0 Å². The summed E-state index contributed by atoms with van der Waals surface area (Å²) < 4.78 is 0. The van der Waals surface area contributed by atoms with E-state index in [9.17, 15) is 0 Å². The van der Waals surface area contributed by atoms with Crippen LogP contribution in [0.25, 0.3) is 0 Å². The van der Waals surface area contributed by atoms with Crippen molar-refractivity contribution in [2.45, 2.75) is 32.5 Å². The van der Waals surface area contributed by atoms with Crippen LogP contribution >= 0.6 is 0 Å². The molecule has 0 saturated heterocycles. The Bertz CT molecular complexity index is 80.5. The standard InChI is InChI=1S/C7H13B/c1-3-6-4-7(8)5(6)2/h5-7H,3-4H2,1-2H3. The van der Waals surface area contributed by atoms with Gasteiger partial charge in [-0.2, -0.15) is 0 Å². The van der Waals surface area contributed by atoms with Crippen molar-refractivity contribution in [3.05, 3.63) is 0 Å². The molecular weight excluding hydrogens is 94.9 g/mol. The van der Waals surface area contributed by atoms with E-state index >= 15 is 0 Å². The molecule has 0 heterocycles. The van der Waals surface area contributed by atoms with Crippen molar-refractivity contribution in [2.75, 3.05) is 0 Å². The summed E-state index contributed by atoms with van der Waals surface area (Å²) >= 11 is 0. The van der Waals surface area contributed by atoms with E-state index in [2.05, 4.69) is 13.8 Å². The minimum absolute atomic E-state index is 0.514. The van der Waals surface area contributed by atoms with Crippen LogP contribution in [0, 0.1) is 11.8 Å². The maximum atomic E-state index is 5.69. The van der Waals surface area contributed by atoms with Crippen LogP contribution in [0.1, 0.15) is 26.7 Å². The summed E-state index contributed by atoms with van der Waals surface area (Å²) in [7, 11) is 5.69. The molecule has 0 aromatic carbocycles. The minimum atomic E-state index is 0.514. The highest BCUT2D eigenvalue weighted by Gasteiger charge is 2.31. The summed E-state index contributed by atoms with van der Waals surface area (Å²) in [4.78, 5) is 0. The van der Waals surface area contributed by atoms with E-state index in [0.29, 0.717) is 5.82 Å². The van der Waals surface area contributed by atoms with Gasteiger partial charge in [0.05, 0.1) is 7.85 Å². The van der Waals surface area contributed by atoms with Crippen molar-refractivity contribution in [2.24, 2.45) is 11.8 Å². The average molecular weight is 108 g/mol. The fourth-order valence-corrected chi connectivity index (χ4v) is 1.47. The van der Waals surface area contributed by atoms with Crippen LogP contribution in [-0.2, 0) is 0 Å². The molecule has 8 heavy (non-hydrogen) atoms. The molecule has 0 bridgehead atoms. The fourth-order valence-electron chi connectivity index (χ4n) is 1.47. The van der Waals surface area contributed by atoms with Gasteiger partial charge in [-0.15, -0.1) is 0 Å². The third-order valence-corrected chi connectivity index (χ3v) is 2.52. The molecule has 3 unspecified atom stereocenters. The lowest BCUT2D eigenvalue weighted by Crippen LogP contribution is -2.29. The van der Waals surface area contributed by atoms with Gasteiger partial charge in [0.25, 0.3) is 0 Å². The predicted molar refractivity (Wildman–Crippen MR) is 37.1 cm³/mol. The normalized spacial score (nSPS) is 46.0. The predicted octanol–water partition coefficient (Wildman–Crippen LogP) is 2.01. The van der Waals surface area contributed by atoms with Crippen LogP contribution in [0.5, 0.6) is 0 Å². The van der Waals surface area contributed by atoms with E-state index in [0.717, 1.165) is 11.8 Å². The van der Waals surface area contributed by atoms with E-state index in [4.69, 9.17) is 7.85 Å². The molecule has 1 saturated carbocycles. The molecule has 0 spiro atoms. The molecule has 0 aromatic heterocycles. The molecule has 1 aliphatic rings. The van der Waals surface area contributed by atoms with E-state index in [-0.39, 0.29) is 0 Å². The van der Waals surface area contributed by atoms with Crippen LogP contribution in [0.15, 0.2) is 0 Å². The summed E-state index contributed by atoms with van der Waals surface area (Å²) in [6.07, 6.45) is 2.58. The number of hydrogen-bond donors (Lipinski definition) is 0. The van der Waals surface area contributed by atoms with Gasteiger partial charge < -0.3 is 0 Å². The third-order valence-electron chi connectivity index (χ3n) is 2.52. The van der Waals surface area contributed by atoms with Crippen molar-refractivity contribution < 1.29 is 0 Å². The Morgan fingerprint density at radius 2 is 2.25 bits per heavy atom. The molecule has 0 aromatic rings. The van der Waals surface area contributed by atoms with Gasteiger partial charge in [-0.1, -0.05) is 32.5 Å². The summed E-state index contributed by atoms with van der Waals surface area (Å²) in [5.74, 6) is 2.24.